The largest absolute Gasteiger partial charge is 0.348 e. The fourth-order valence-electron chi connectivity index (χ4n) is 2.99. The summed E-state index contributed by atoms with van der Waals surface area (Å²) in [5.74, 6) is -0.200. The molecule has 31 heavy (non-hydrogen) atoms. The van der Waals surface area contributed by atoms with E-state index in [1.807, 2.05) is 24.3 Å². The molecule has 0 unspecified atom stereocenters. The maximum absolute atomic E-state index is 12.3. The molecule has 0 aliphatic heterocycles. The maximum atomic E-state index is 12.3. The molecule has 0 spiro atoms. The van der Waals surface area contributed by atoms with E-state index in [9.17, 15) is 13.2 Å². The summed E-state index contributed by atoms with van der Waals surface area (Å²) in [5, 5.41) is 2.87. The highest BCUT2D eigenvalue weighted by atomic mass is 127. The number of carbonyl (C=O) groups is 1. The summed E-state index contributed by atoms with van der Waals surface area (Å²) in [6.45, 7) is 10.6. The highest BCUT2D eigenvalue weighted by Crippen LogP contribution is 2.28. The van der Waals surface area contributed by atoms with Gasteiger partial charge in [0, 0.05) is 17.0 Å². The van der Waals surface area contributed by atoms with Crippen LogP contribution in [-0.2, 0) is 31.2 Å². The van der Waals surface area contributed by atoms with E-state index < -0.39 is 10.0 Å². The molecule has 0 bridgehead atoms. The lowest BCUT2D eigenvalue weighted by Crippen LogP contribution is -2.20. The van der Waals surface area contributed by atoms with Gasteiger partial charge in [0.15, 0.2) is 0 Å². The zero-order valence-corrected chi connectivity index (χ0v) is 21.3. The minimum atomic E-state index is -3.41. The van der Waals surface area contributed by atoms with Crippen molar-refractivity contribution < 1.29 is 13.2 Å². The minimum Gasteiger partial charge on any atom is -0.348 e. The molecule has 166 valence electrons. The van der Waals surface area contributed by atoms with Crippen molar-refractivity contribution in [1.29, 1.82) is 0 Å². The van der Waals surface area contributed by atoms with Gasteiger partial charge in [0.25, 0.3) is 0 Å². The molecule has 0 saturated carbocycles. The van der Waals surface area contributed by atoms with Crippen molar-refractivity contribution in [3.8, 4) is 0 Å². The molecule has 0 aromatic heterocycles. The highest BCUT2D eigenvalue weighted by Gasteiger charge is 2.14. The molecule has 1 amide bonds. The van der Waals surface area contributed by atoms with Gasteiger partial charge in [-0.15, -0.1) is 0 Å². The van der Waals surface area contributed by atoms with Crippen LogP contribution in [0, 0.1) is 0 Å². The van der Waals surface area contributed by atoms with Gasteiger partial charge in [0.2, 0.25) is 15.9 Å². The van der Waals surface area contributed by atoms with Crippen LogP contribution in [0.3, 0.4) is 0 Å². The van der Waals surface area contributed by atoms with E-state index in [2.05, 4.69) is 72.1 Å². The van der Waals surface area contributed by atoms with Crippen LogP contribution in [0.15, 0.2) is 49.1 Å². The Morgan fingerprint density at radius 3 is 2.32 bits per heavy atom. The summed E-state index contributed by atoms with van der Waals surface area (Å²) in [4.78, 5) is 12.3. The molecule has 0 fully saturated rings. The average Bonchev–Trinajstić information content (AvgIpc) is 2.69. The number of hydrogen-bond acceptors (Lipinski definition) is 3. The van der Waals surface area contributed by atoms with E-state index in [4.69, 9.17) is 0 Å². The number of halogens is 1. The SMILES string of the molecule is C=Cc1cc(CNC(=O)/C=C/c2ccc(C(C)(C)C)cc2)cc(CI)c1NS(C)(=O)=O. The molecule has 0 aliphatic carbocycles. The molecule has 5 nitrogen and oxygen atoms in total. The Bertz CT molecular complexity index is 1080. The van der Waals surface area contributed by atoms with Gasteiger partial charge in [-0.1, -0.05) is 86.3 Å². The number of rotatable bonds is 8. The number of anilines is 1. The molecule has 0 heterocycles. The number of alkyl halides is 1. The molecule has 2 N–H and O–H groups in total. The molecule has 0 saturated heterocycles. The Morgan fingerprint density at radius 1 is 1.16 bits per heavy atom. The zero-order valence-electron chi connectivity index (χ0n) is 18.3. The van der Waals surface area contributed by atoms with Crippen molar-refractivity contribution in [3.05, 3.63) is 76.9 Å². The van der Waals surface area contributed by atoms with E-state index in [0.29, 0.717) is 22.2 Å². The van der Waals surface area contributed by atoms with E-state index >= 15 is 0 Å². The van der Waals surface area contributed by atoms with Crippen molar-refractivity contribution in [3.63, 3.8) is 0 Å². The molecular formula is C24H29IN2O3S. The summed E-state index contributed by atoms with van der Waals surface area (Å²) in [5.41, 5.74) is 5.21. The monoisotopic (exact) mass is 552 g/mol. The third kappa shape index (κ3) is 7.81. The smallest absolute Gasteiger partial charge is 0.244 e. The molecule has 2 rings (SSSR count). The zero-order chi connectivity index (χ0) is 23.2. The Hall–Kier alpha value is -2.13. The number of sulfonamides is 1. The Kier molecular flexibility index (Phi) is 8.48. The van der Waals surface area contributed by atoms with Crippen LogP contribution in [0.5, 0.6) is 0 Å². The lowest BCUT2D eigenvalue weighted by Gasteiger charge is -2.18. The first-order chi connectivity index (χ1) is 14.4. The molecule has 2 aromatic carbocycles. The molecule has 2 aromatic rings. The summed E-state index contributed by atoms with van der Waals surface area (Å²) >= 11 is 2.18. The lowest BCUT2D eigenvalue weighted by atomic mass is 9.87. The molecule has 0 aliphatic rings. The summed E-state index contributed by atoms with van der Waals surface area (Å²) < 4.78 is 26.5. The first kappa shape index (κ1) is 25.1. The number of nitrogens with one attached hydrogen (secondary N) is 2. The third-order valence-corrected chi connectivity index (χ3v) is 6.03. The third-order valence-electron chi connectivity index (χ3n) is 4.63. The predicted molar refractivity (Wildman–Crippen MR) is 139 cm³/mol. The van der Waals surface area contributed by atoms with E-state index in [1.54, 1.807) is 12.2 Å². The van der Waals surface area contributed by atoms with Crippen molar-refractivity contribution >= 4 is 56.4 Å². The van der Waals surface area contributed by atoms with Crippen molar-refractivity contribution in [2.24, 2.45) is 0 Å². The van der Waals surface area contributed by atoms with Gasteiger partial charge in [-0.2, -0.15) is 0 Å². The second kappa shape index (κ2) is 10.5. The minimum absolute atomic E-state index is 0.0904. The van der Waals surface area contributed by atoms with Gasteiger partial charge in [0.1, 0.15) is 0 Å². The quantitative estimate of drug-likeness (QED) is 0.267. The Labute approximate surface area is 199 Å². The lowest BCUT2D eigenvalue weighted by molar-refractivity contribution is -0.116. The predicted octanol–water partition coefficient (Wildman–Crippen LogP) is 5.26. The Morgan fingerprint density at radius 2 is 1.81 bits per heavy atom. The van der Waals surface area contributed by atoms with Gasteiger partial charge < -0.3 is 5.32 Å². The Balaban J connectivity index is 2.09. The van der Waals surface area contributed by atoms with Crippen LogP contribution < -0.4 is 10.0 Å². The molecular weight excluding hydrogens is 523 g/mol. The second-order valence-electron chi connectivity index (χ2n) is 8.35. The van der Waals surface area contributed by atoms with Gasteiger partial charge in [0.05, 0.1) is 11.9 Å². The molecule has 7 heteroatoms. The fourth-order valence-corrected chi connectivity index (χ4v) is 4.21. The first-order valence-corrected chi connectivity index (χ1v) is 13.2. The second-order valence-corrected chi connectivity index (χ2v) is 10.9. The maximum Gasteiger partial charge on any atom is 0.244 e. The van der Waals surface area contributed by atoms with Crippen LogP contribution in [0.2, 0.25) is 0 Å². The van der Waals surface area contributed by atoms with Crippen LogP contribution in [0.4, 0.5) is 5.69 Å². The number of benzene rings is 2. The van der Waals surface area contributed by atoms with Crippen molar-refractivity contribution in [2.45, 2.75) is 37.2 Å². The first-order valence-electron chi connectivity index (χ1n) is 9.81. The standard InChI is InChI=1S/C24H29IN2O3S/c1-6-19-13-18(14-20(15-25)23(19)27-31(5,29)30)16-26-22(28)12-9-17-7-10-21(11-8-17)24(2,3)4/h6-14,27H,1,15-16H2,2-5H3,(H,26,28)/b12-9+. The normalized spacial score (nSPS) is 12.0. The summed E-state index contributed by atoms with van der Waals surface area (Å²) in [7, 11) is -3.41. The van der Waals surface area contributed by atoms with Crippen LogP contribution in [0.25, 0.3) is 12.2 Å². The number of carbonyl (C=O) groups excluding carboxylic acids is 1. The molecule has 0 atom stereocenters. The number of amides is 1. The average molecular weight is 552 g/mol. The van der Waals surface area contributed by atoms with Gasteiger partial charge >= 0.3 is 0 Å². The van der Waals surface area contributed by atoms with Crippen molar-refractivity contribution in [2.75, 3.05) is 11.0 Å². The van der Waals surface area contributed by atoms with Gasteiger partial charge in [-0.05, 0) is 45.4 Å². The summed E-state index contributed by atoms with van der Waals surface area (Å²) in [6.07, 6.45) is 6.02. The topological polar surface area (TPSA) is 75.3 Å². The van der Waals surface area contributed by atoms with E-state index in [-0.39, 0.29) is 11.3 Å². The highest BCUT2D eigenvalue weighted by molar-refractivity contribution is 14.1. The molecule has 0 radical (unpaired) electrons. The fraction of sp³-hybridized carbons (Fsp3) is 0.292. The van der Waals surface area contributed by atoms with Crippen LogP contribution in [-0.4, -0.2) is 20.6 Å². The van der Waals surface area contributed by atoms with Crippen LogP contribution in [0.1, 0.15) is 48.6 Å². The number of hydrogen-bond donors (Lipinski definition) is 2. The van der Waals surface area contributed by atoms with Gasteiger partial charge in [-0.3, -0.25) is 9.52 Å². The summed E-state index contributed by atoms with van der Waals surface area (Å²) in [6, 6.07) is 11.9. The van der Waals surface area contributed by atoms with Crippen molar-refractivity contribution in [1.82, 2.24) is 5.32 Å². The van der Waals surface area contributed by atoms with E-state index in [0.717, 1.165) is 22.9 Å². The van der Waals surface area contributed by atoms with E-state index in [1.165, 1.54) is 11.6 Å². The van der Waals surface area contributed by atoms with Crippen LogP contribution >= 0.6 is 22.6 Å². The van der Waals surface area contributed by atoms with Gasteiger partial charge in [-0.25, -0.2) is 8.42 Å².